The monoisotopic (exact) mass is 470 g/mol. The van der Waals surface area contributed by atoms with Gasteiger partial charge in [-0.3, -0.25) is 0 Å². The quantitative estimate of drug-likeness (QED) is 0.248. The SMILES string of the molecule is CCCCOc1ccc(C2CCC(c3ccc(-c4ccc(C)cc4)c(F)c3F)CC2)c(F)c1F. The molecular formula is C29H30F4O. The molecule has 0 aliphatic heterocycles. The van der Waals surface area contributed by atoms with E-state index in [0.29, 0.717) is 49.0 Å². The minimum Gasteiger partial charge on any atom is -0.490 e. The van der Waals surface area contributed by atoms with Crippen LogP contribution in [0.1, 0.15) is 74.0 Å². The highest BCUT2D eigenvalue weighted by molar-refractivity contribution is 5.65. The third kappa shape index (κ3) is 4.98. The molecule has 1 fully saturated rings. The molecule has 3 aromatic rings. The van der Waals surface area contributed by atoms with E-state index in [4.69, 9.17) is 4.74 Å². The number of rotatable bonds is 7. The minimum absolute atomic E-state index is 0.0606. The molecule has 34 heavy (non-hydrogen) atoms. The van der Waals surface area contributed by atoms with Crippen molar-refractivity contribution in [1.82, 2.24) is 0 Å². The smallest absolute Gasteiger partial charge is 0.200 e. The summed E-state index contributed by atoms with van der Waals surface area (Å²) in [5, 5.41) is 0. The van der Waals surface area contributed by atoms with Gasteiger partial charge in [0.15, 0.2) is 23.2 Å². The van der Waals surface area contributed by atoms with Crippen LogP contribution in [0, 0.1) is 30.2 Å². The largest absolute Gasteiger partial charge is 0.490 e. The lowest BCUT2D eigenvalue weighted by Gasteiger charge is -2.30. The number of hydrogen-bond acceptors (Lipinski definition) is 1. The molecule has 1 aliphatic rings. The first-order valence-electron chi connectivity index (χ1n) is 12.1. The van der Waals surface area contributed by atoms with Crippen LogP contribution in [0.3, 0.4) is 0 Å². The highest BCUT2D eigenvalue weighted by Crippen LogP contribution is 2.43. The fourth-order valence-corrected chi connectivity index (χ4v) is 4.85. The van der Waals surface area contributed by atoms with E-state index in [0.717, 1.165) is 18.4 Å². The van der Waals surface area contributed by atoms with Gasteiger partial charge in [0.2, 0.25) is 5.82 Å². The van der Waals surface area contributed by atoms with Crippen LogP contribution in [0.15, 0.2) is 48.5 Å². The Labute approximate surface area is 198 Å². The van der Waals surface area contributed by atoms with Crippen LogP contribution in [0.25, 0.3) is 11.1 Å². The average Bonchev–Trinajstić information content (AvgIpc) is 2.85. The van der Waals surface area contributed by atoms with E-state index in [1.165, 1.54) is 6.07 Å². The van der Waals surface area contributed by atoms with Gasteiger partial charge in [0.05, 0.1) is 6.61 Å². The molecule has 0 saturated heterocycles. The van der Waals surface area contributed by atoms with E-state index in [-0.39, 0.29) is 23.1 Å². The summed E-state index contributed by atoms with van der Waals surface area (Å²) in [5.41, 5.74) is 2.62. The zero-order chi connectivity index (χ0) is 24.2. The molecule has 0 spiro atoms. The van der Waals surface area contributed by atoms with Crippen molar-refractivity contribution in [3.05, 3.63) is 88.5 Å². The lowest BCUT2D eigenvalue weighted by Crippen LogP contribution is -2.15. The van der Waals surface area contributed by atoms with Gasteiger partial charge in [0.25, 0.3) is 0 Å². The van der Waals surface area contributed by atoms with Crippen molar-refractivity contribution < 1.29 is 22.3 Å². The first kappa shape index (κ1) is 24.3. The van der Waals surface area contributed by atoms with Gasteiger partial charge in [0, 0.05) is 5.56 Å². The van der Waals surface area contributed by atoms with Gasteiger partial charge in [0.1, 0.15) is 0 Å². The molecular weight excluding hydrogens is 440 g/mol. The van der Waals surface area contributed by atoms with E-state index in [9.17, 15) is 13.2 Å². The van der Waals surface area contributed by atoms with Crippen LogP contribution < -0.4 is 4.74 Å². The topological polar surface area (TPSA) is 9.23 Å². The number of halogens is 4. The summed E-state index contributed by atoms with van der Waals surface area (Å²) in [4.78, 5) is 0. The molecule has 4 rings (SSSR count). The fourth-order valence-electron chi connectivity index (χ4n) is 4.85. The third-order valence-electron chi connectivity index (χ3n) is 6.91. The van der Waals surface area contributed by atoms with Crippen LogP contribution in [0.2, 0.25) is 0 Å². The predicted octanol–water partition coefficient (Wildman–Crippen LogP) is 8.84. The second kappa shape index (κ2) is 10.6. The average molecular weight is 471 g/mol. The molecule has 5 heteroatoms. The number of unbranched alkanes of at least 4 members (excludes halogenated alkanes) is 1. The Hall–Kier alpha value is -2.82. The van der Waals surface area contributed by atoms with Gasteiger partial charge in [-0.2, -0.15) is 4.39 Å². The zero-order valence-electron chi connectivity index (χ0n) is 19.6. The Bertz CT molecular complexity index is 1130. The van der Waals surface area contributed by atoms with Gasteiger partial charge in [-0.05, 0) is 73.6 Å². The van der Waals surface area contributed by atoms with E-state index >= 15 is 4.39 Å². The second-order valence-electron chi connectivity index (χ2n) is 9.23. The summed E-state index contributed by atoms with van der Waals surface area (Å²) in [7, 11) is 0. The van der Waals surface area contributed by atoms with Crippen molar-refractivity contribution in [2.24, 2.45) is 0 Å². The van der Waals surface area contributed by atoms with Gasteiger partial charge >= 0.3 is 0 Å². The van der Waals surface area contributed by atoms with Crippen molar-refractivity contribution in [2.75, 3.05) is 6.61 Å². The molecule has 180 valence electrons. The van der Waals surface area contributed by atoms with Gasteiger partial charge in [-0.15, -0.1) is 0 Å². The standard InChI is InChI=1S/C29H30F4O/c1-3-4-17-34-25-16-15-24(28(32)29(25)33)21-11-9-20(10-12-21)23-14-13-22(26(30)27(23)31)19-7-5-18(2)6-8-19/h5-8,13-16,20-21H,3-4,9-12,17H2,1-2H3. The van der Waals surface area contributed by atoms with Crippen molar-refractivity contribution >= 4 is 0 Å². The molecule has 0 atom stereocenters. The first-order chi connectivity index (χ1) is 16.4. The zero-order valence-corrected chi connectivity index (χ0v) is 19.6. The summed E-state index contributed by atoms with van der Waals surface area (Å²) in [6.07, 6.45) is 4.01. The lowest BCUT2D eigenvalue weighted by atomic mass is 9.75. The Kier molecular flexibility index (Phi) is 7.60. The molecule has 0 amide bonds. The first-order valence-corrected chi connectivity index (χ1v) is 12.1. The summed E-state index contributed by atoms with van der Waals surface area (Å²) in [6.45, 7) is 4.29. The summed E-state index contributed by atoms with van der Waals surface area (Å²) < 4.78 is 64.5. The van der Waals surface area contributed by atoms with E-state index < -0.39 is 23.3 Å². The molecule has 0 heterocycles. The Balaban J connectivity index is 1.46. The van der Waals surface area contributed by atoms with E-state index in [1.54, 1.807) is 30.3 Å². The maximum atomic E-state index is 15.0. The number of ether oxygens (including phenoxy) is 1. The van der Waals surface area contributed by atoms with Crippen LogP contribution in [-0.4, -0.2) is 6.61 Å². The Morgan fingerprint density at radius 1 is 0.706 bits per heavy atom. The van der Waals surface area contributed by atoms with Crippen LogP contribution in [-0.2, 0) is 0 Å². The maximum absolute atomic E-state index is 15.0. The molecule has 0 radical (unpaired) electrons. The van der Waals surface area contributed by atoms with Crippen LogP contribution in [0.4, 0.5) is 17.6 Å². The molecule has 0 aromatic heterocycles. The summed E-state index contributed by atoms with van der Waals surface area (Å²) in [5.74, 6) is -3.83. The predicted molar refractivity (Wildman–Crippen MR) is 127 cm³/mol. The molecule has 1 saturated carbocycles. The van der Waals surface area contributed by atoms with Crippen molar-refractivity contribution in [1.29, 1.82) is 0 Å². The Morgan fingerprint density at radius 2 is 1.26 bits per heavy atom. The van der Waals surface area contributed by atoms with Crippen LogP contribution >= 0.6 is 0 Å². The molecule has 0 N–H and O–H groups in total. The maximum Gasteiger partial charge on any atom is 0.200 e. The second-order valence-corrected chi connectivity index (χ2v) is 9.23. The van der Waals surface area contributed by atoms with Gasteiger partial charge in [-0.25, -0.2) is 13.2 Å². The van der Waals surface area contributed by atoms with E-state index in [2.05, 4.69) is 0 Å². The third-order valence-corrected chi connectivity index (χ3v) is 6.91. The number of hydrogen-bond donors (Lipinski definition) is 0. The molecule has 0 unspecified atom stereocenters. The summed E-state index contributed by atoms with van der Waals surface area (Å²) in [6, 6.07) is 13.7. The number of benzene rings is 3. The van der Waals surface area contributed by atoms with E-state index in [1.807, 2.05) is 26.0 Å². The van der Waals surface area contributed by atoms with Gasteiger partial charge < -0.3 is 4.74 Å². The summed E-state index contributed by atoms with van der Waals surface area (Å²) >= 11 is 0. The lowest BCUT2D eigenvalue weighted by molar-refractivity contribution is 0.286. The number of aryl methyl sites for hydroxylation is 1. The molecule has 0 bridgehead atoms. The Morgan fingerprint density at radius 3 is 1.85 bits per heavy atom. The minimum atomic E-state index is -0.949. The highest BCUT2D eigenvalue weighted by Gasteiger charge is 2.29. The highest BCUT2D eigenvalue weighted by atomic mass is 19.2. The molecule has 3 aromatic carbocycles. The fraction of sp³-hybridized carbons (Fsp3) is 0.379. The normalized spacial score (nSPS) is 18.2. The van der Waals surface area contributed by atoms with Crippen molar-refractivity contribution in [2.45, 2.75) is 64.2 Å². The van der Waals surface area contributed by atoms with Crippen molar-refractivity contribution in [3.63, 3.8) is 0 Å². The van der Waals surface area contributed by atoms with Gasteiger partial charge in [-0.1, -0.05) is 61.4 Å². The van der Waals surface area contributed by atoms with Crippen molar-refractivity contribution in [3.8, 4) is 16.9 Å². The molecule has 1 nitrogen and oxygen atoms in total. The molecule has 1 aliphatic carbocycles. The van der Waals surface area contributed by atoms with Crippen LogP contribution in [0.5, 0.6) is 5.75 Å².